The second-order valence-corrected chi connectivity index (χ2v) is 5.49. The summed E-state index contributed by atoms with van der Waals surface area (Å²) in [4.78, 5) is 33.6. The standard InChI is InChI=1S/C18H12N2O2/c1-10-4-5-11-6-7-13(20-14(11)9-10)15-17(21)12-3-2-8-19-16(12)18(15)22/h2-9,15H,1H3/t15-/m0/s1. The molecule has 0 bridgehead atoms. The Morgan fingerprint density at radius 2 is 1.82 bits per heavy atom. The van der Waals surface area contributed by atoms with E-state index in [0.29, 0.717) is 11.3 Å². The van der Waals surface area contributed by atoms with Gasteiger partial charge in [0.05, 0.1) is 11.2 Å². The van der Waals surface area contributed by atoms with E-state index in [2.05, 4.69) is 9.97 Å². The van der Waals surface area contributed by atoms with E-state index in [1.165, 1.54) is 6.20 Å². The number of aryl methyl sites for hydroxylation is 1. The molecular formula is C18H12N2O2. The summed E-state index contributed by atoms with van der Waals surface area (Å²) >= 11 is 0. The number of rotatable bonds is 1. The van der Waals surface area contributed by atoms with Crippen molar-refractivity contribution in [2.75, 3.05) is 0 Å². The van der Waals surface area contributed by atoms with Crippen LogP contribution in [0.4, 0.5) is 0 Å². The first kappa shape index (κ1) is 12.8. The molecule has 0 saturated heterocycles. The molecule has 22 heavy (non-hydrogen) atoms. The van der Waals surface area contributed by atoms with Crippen molar-refractivity contribution < 1.29 is 9.59 Å². The van der Waals surface area contributed by atoms with Gasteiger partial charge in [0, 0.05) is 17.1 Å². The van der Waals surface area contributed by atoms with Gasteiger partial charge in [0.15, 0.2) is 11.6 Å². The van der Waals surface area contributed by atoms with Crippen LogP contribution in [0, 0.1) is 6.92 Å². The van der Waals surface area contributed by atoms with Crippen LogP contribution < -0.4 is 0 Å². The molecule has 0 saturated carbocycles. The molecule has 1 aliphatic carbocycles. The second kappa shape index (κ2) is 4.56. The number of carbonyl (C=O) groups excluding carboxylic acids is 2. The molecule has 4 rings (SSSR count). The summed E-state index contributed by atoms with van der Waals surface area (Å²) in [6.07, 6.45) is 1.53. The Kier molecular flexibility index (Phi) is 2.66. The maximum atomic E-state index is 12.5. The number of carbonyl (C=O) groups is 2. The Bertz CT molecular complexity index is 912. The number of ketones is 2. The third-order valence-corrected chi connectivity index (χ3v) is 4.00. The van der Waals surface area contributed by atoms with Crippen LogP contribution >= 0.6 is 0 Å². The lowest BCUT2D eigenvalue weighted by molar-refractivity contribution is 0.0886. The molecule has 0 unspecified atom stereocenters. The predicted octanol–water partition coefficient (Wildman–Crippen LogP) is 3.10. The van der Waals surface area contributed by atoms with Crippen molar-refractivity contribution in [1.29, 1.82) is 0 Å². The minimum atomic E-state index is -0.866. The van der Waals surface area contributed by atoms with Gasteiger partial charge in [-0.1, -0.05) is 18.2 Å². The molecule has 0 spiro atoms. The average molecular weight is 288 g/mol. The Balaban J connectivity index is 1.86. The summed E-state index contributed by atoms with van der Waals surface area (Å²) < 4.78 is 0. The van der Waals surface area contributed by atoms with Crippen LogP contribution in [0.15, 0.2) is 48.7 Å². The summed E-state index contributed by atoms with van der Waals surface area (Å²) in [6, 6.07) is 12.9. The molecule has 0 fully saturated rings. The molecule has 1 aliphatic rings. The molecule has 0 amide bonds. The molecular weight excluding hydrogens is 276 g/mol. The molecule has 0 radical (unpaired) electrons. The number of nitrogens with zero attached hydrogens (tertiary/aromatic N) is 2. The number of Topliss-reactive ketones (excluding diaryl/α,β-unsaturated/α-hetero) is 2. The van der Waals surface area contributed by atoms with E-state index < -0.39 is 5.92 Å². The van der Waals surface area contributed by atoms with Crippen LogP contribution in [-0.4, -0.2) is 21.5 Å². The number of benzene rings is 1. The second-order valence-electron chi connectivity index (χ2n) is 5.49. The molecule has 2 aromatic heterocycles. The Hall–Kier alpha value is -2.88. The van der Waals surface area contributed by atoms with Crippen molar-refractivity contribution in [2.45, 2.75) is 12.8 Å². The van der Waals surface area contributed by atoms with Crippen molar-refractivity contribution in [3.8, 4) is 0 Å². The minimum absolute atomic E-state index is 0.215. The number of hydrogen-bond acceptors (Lipinski definition) is 4. The van der Waals surface area contributed by atoms with Crippen molar-refractivity contribution in [3.63, 3.8) is 0 Å². The van der Waals surface area contributed by atoms with Gasteiger partial charge < -0.3 is 0 Å². The maximum Gasteiger partial charge on any atom is 0.198 e. The fourth-order valence-corrected chi connectivity index (χ4v) is 2.88. The van der Waals surface area contributed by atoms with Gasteiger partial charge in [0.2, 0.25) is 0 Å². The fraction of sp³-hybridized carbons (Fsp3) is 0.111. The highest BCUT2D eigenvalue weighted by Crippen LogP contribution is 2.32. The van der Waals surface area contributed by atoms with Crippen molar-refractivity contribution >= 4 is 22.5 Å². The van der Waals surface area contributed by atoms with E-state index in [9.17, 15) is 9.59 Å². The van der Waals surface area contributed by atoms with Gasteiger partial charge >= 0.3 is 0 Å². The topological polar surface area (TPSA) is 59.9 Å². The first-order valence-electron chi connectivity index (χ1n) is 7.06. The highest BCUT2D eigenvalue weighted by molar-refractivity contribution is 6.28. The zero-order valence-electron chi connectivity index (χ0n) is 11.9. The van der Waals surface area contributed by atoms with E-state index >= 15 is 0 Å². The normalized spacial score (nSPS) is 17.0. The Morgan fingerprint density at radius 1 is 1.00 bits per heavy atom. The first-order valence-corrected chi connectivity index (χ1v) is 7.06. The molecule has 1 aromatic carbocycles. The van der Waals surface area contributed by atoms with Gasteiger partial charge in [-0.25, -0.2) is 0 Å². The quantitative estimate of drug-likeness (QED) is 0.646. The van der Waals surface area contributed by atoms with E-state index in [1.54, 1.807) is 18.2 Å². The smallest absolute Gasteiger partial charge is 0.198 e. The van der Waals surface area contributed by atoms with Gasteiger partial charge in [-0.15, -0.1) is 0 Å². The zero-order chi connectivity index (χ0) is 15.3. The van der Waals surface area contributed by atoms with Gasteiger partial charge in [-0.05, 0) is 36.8 Å². The summed E-state index contributed by atoms with van der Waals surface area (Å²) in [5.41, 5.74) is 3.02. The zero-order valence-corrected chi connectivity index (χ0v) is 11.9. The summed E-state index contributed by atoms with van der Waals surface area (Å²) in [5.74, 6) is -1.34. The molecule has 4 heteroatoms. The number of pyridine rings is 2. The lowest BCUT2D eigenvalue weighted by Crippen LogP contribution is -2.14. The van der Waals surface area contributed by atoms with E-state index in [1.807, 2.05) is 31.2 Å². The summed E-state index contributed by atoms with van der Waals surface area (Å²) in [6.45, 7) is 1.99. The van der Waals surface area contributed by atoms with Crippen molar-refractivity contribution in [3.05, 3.63) is 71.2 Å². The van der Waals surface area contributed by atoms with Gasteiger partial charge in [-0.2, -0.15) is 0 Å². The van der Waals surface area contributed by atoms with Crippen LogP contribution in [0.25, 0.3) is 10.9 Å². The highest BCUT2D eigenvalue weighted by atomic mass is 16.2. The molecule has 0 N–H and O–H groups in total. The van der Waals surface area contributed by atoms with Crippen LogP contribution in [0.2, 0.25) is 0 Å². The van der Waals surface area contributed by atoms with Crippen LogP contribution in [0.5, 0.6) is 0 Å². The van der Waals surface area contributed by atoms with Gasteiger partial charge in [0.1, 0.15) is 11.6 Å². The fourth-order valence-electron chi connectivity index (χ4n) is 2.88. The largest absolute Gasteiger partial charge is 0.293 e. The first-order chi connectivity index (χ1) is 10.6. The molecule has 1 atom stereocenters. The molecule has 2 heterocycles. The molecule has 106 valence electrons. The number of hydrogen-bond donors (Lipinski definition) is 0. The lowest BCUT2D eigenvalue weighted by atomic mass is 9.98. The molecule has 4 nitrogen and oxygen atoms in total. The third-order valence-electron chi connectivity index (χ3n) is 4.00. The monoisotopic (exact) mass is 288 g/mol. The average Bonchev–Trinajstić information content (AvgIpc) is 2.79. The predicted molar refractivity (Wildman–Crippen MR) is 82.1 cm³/mol. The molecule has 0 aliphatic heterocycles. The lowest BCUT2D eigenvalue weighted by Gasteiger charge is -2.08. The van der Waals surface area contributed by atoms with Crippen LogP contribution in [0.1, 0.15) is 38.0 Å². The maximum absolute atomic E-state index is 12.5. The van der Waals surface area contributed by atoms with E-state index in [4.69, 9.17) is 0 Å². The van der Waals surface area contributed by atoms with Crippen molar-refractivity contribution in [1.82, 2.24) is 9.97 Å². The van der Waals surface area contributed by atoms with Crippen LogP contribution in [0.3, 0.4) is 0 Å². The SMILES string of the molecule is Cc1ccc2ccc([C@H]3C(=O)c4cccnc4C3=O)nc2c1. The van der Waals surface area contributed by atoms with Crippen LogP contribution in [-0.2, 0) is 0 Å². The minimum Gasteiger partial charge on any atom is -0.293 e. The Labute approximate surface area is 126 Å². The van der Waals surface area contributed by atoms with E-state index in [0.717, 1.165) is 16.5 Å². The summed E-state index contributed by atoms with van der Waals surface area (Å²) in [5, 5.41) is 0.989. The summed E-state index contributed by atoms with van der Waals surface area (Å²) in [7, 11) is 0. The highest BCUT2D eigenvalue weighted by Gasteiger charge is 2.41. The Morgan fingerprint density at radius 3 is 2.64 bits per heavy atom. The number of fused-ring (bicyclic) bond motifs is 2. The van der Waals surface area contributed by atoms with Crippen molar-refractivity contribution in [2.24, 2.45) is 0 Å². The van der Waals surface area contributed by atoms with Gasteiger partial charge in [0.25, 0.3) is 0 Å². The molecule has 3 aromatic rings. The number of aromatic nitrogens is 2. The van der Waals surface area contributed by atoms with E-state index in [-0.39, 0.29) is 17.3 Å². The third kappa shape index (κ3) is 1.77. The van der Waals surface area contributed by atoms with Gasteiger partial charge in [-0.3, -0.25) is 19.6 Å².